The highest BCUT2D eigenvalue weighted by Gasteiger charge is 2.34. The Hall–Kier alpha value is -2.06. The molecule has 10 heteroatoms. The Bertz CT molecular complexity index is 1090. The van der Waals surface area contributed by atoms with Crippen LogP contribution in [0.4, 0.5) is 5.69 Å². The Morgan fingerprint density at radius 2 is 1.81 bits per heavy atom. The van der Waals surface area contributed by atoms with Gasteiger partial charge in [0.1, 0.15) is 11.3 Å². The minimum absolute atomic E-state index is 0.0259. The molecule has 2 N–H and O–H groups in total. The molecule has 0 unspecified atom stereocenters. The van der Waals surface area contributed by atoms with E-state index in [4.69, 9.17) is 22.1 Å². The van der Waals surface area contributed by atoms with Gasteiger partial charge < -0.3 is 9.84 Å². The summed E-state index contributed by atoms with van der Waals surface area (Å²) in [5.41, 5.74) is 2.23. The molecule has 3 rings (SSSR count). The fraction of sp³-hybridized carbons (Fsp3) is 0.143. The maximum atomic E-state index is 13.1. The van der Waals surface area contributed by atoms with Crippen molar-refractivity contribution >= 4 is 92.1 Å². The zero-order valence-electron chi connectivity index (χ0n) is 16.1. The number of carbonyl (C=O) groups is 3. The number of amides is 2. The number of halogens is 2. The Kier molecular flexibility index (Phi) is 7.64. The molecular formula is C21H16I2N2O5S. The summed E-state index contributed by atoms with van der Waals surface area (Å²) >= 11 is 9.27. The van der Waals surface area contributed by atoms with Gasteiger partial charge in [0.15, 0.2) is 11.7 Å². The van der Waals surface area contributed by atoms with E-state index in [-0.39, 0.29) is 10.7 Å². The highest BCUT2D eigenvalue weighted by Crippen LogP contribution is 2.30. The summed E-state index contributed by atoms with van der Waals surface area (Å²) in [5.74, 6) is -1.74. The van der Waals surface area contributed by atoms with Crippen LogP contribution in [-0.4, -0.2) is 34.6 Å². The standard InChI is InChI=1S/C21H16I2N2O5S/c1-2-11-3-5-13(6-4-11)25-20(29)14(19(28)24-21(25)31)7-12-8-15(22)18(16(23)9-12)30-10-17(26)27/h3-9H,2,10H2,1H3,(H,26,27)(H,24,28,31)/b14-7+. The minimum atomic E-state index is -1.08. The van der Waals surface area contributed by atoms with Gasteiger partial charge in [-0.3, -0.25) is 19.8 Å². The van der Waals surface area contributed by atoms with Gasteiger partial charge in [0.25, 0.3) is 11.8 Å². The third-order valence-corrected chi connectivity index (χ3v) is 6.26. The van der Waals surface area contributed by atoms with Crippen molar-refractivity contribution in [2.45, 2.75) is 13.3 Å². The third-order valence-electron chi connectivity index (χ3n) is 4.38. The lowest BCUT2D eigenvalue weighted by atomic mass is 10.1. The van der Waals surface area contributed by atoms with Crippen LogP contribution in [0.1, 0.15) is 18.1 Å². The first-order valence-corrected chi connectivity index (χ1v) is 11.6. The van der Waals surface area contributed by atoms with Crippen molar-refractivity contribution in [1.82, 2.24) is 5.32 Å². The van der Waals surface area contributed by atoms with Gasteiger partial charge in [-0.2, -0.15) is 0 Å². The maximum Gasteiger partial charge on any atom is 0.341 e. The van der Waals surface area contributed by atoms with E-state index in [0.29, 0.717) is 24.1 Å². The molecule has 160 valence electrons. The third kappa shape index (κ3) is 5.41. The minimum Gasteiger partial charge on any atom is -0.480 e. The van der Waals surface area contributed by atoms with Crippen molar-refractivity contribution < 1.29 is 24.2 Å². The van der Waals surface area contributed by atoms with Gasteiger partial charge in [0.2, 0.25) is 0 Å². The first-order chi connectivity index (χ1) is 14.7. The lowest BCUT2D eigenvalue weighted by Gasteiger charge is -2.29. The molecule has 1 fully saturated rings. The van der Waals surface area contributed by atoms with Gasteiger partial charge in [-0.05, 0) is 105 Å². The Morgan fingerprint density at radius 3 is 2.35 bits per heavy atom. The number of aliphatic carboxylic acids is 1. The lowest BCUT2D eigenvalue weighted by molar-refractivity contribution is -0.139. The van der Waals surface area contributed by atoms with Crippen molar-refractivity contribution in [3.63, 3.8) is 0 Å². The van der Waals surface area contributed by atoms with Gasteiger partial charge in [-0.15, -0.1) is 0 Å². The molecule has 1 saturated heterocycles. The molecule has 2 aromatic rings. The number of carboxylic acid groups (broad SMARTS) is 1. The summed E-state index contributed by atoms with van der Waals surface area (Å²) in [5, 5.41) is 11.4. The maximum absolute atomic E-state index is 13.1. The molecule has 1 aliphatic rings. The molecular weight excluding hydrogens is 646 g/mol. The summed E-state index contributed by atoms with van der Waals surface area (Å²) in [6.45, 7) is 1.57. The number of aryl methyl sites for hydroxylation is 1. The average Bonchev–Trinajstić information content (AvgIpc) is 2.70. The van der Waals surface area contributed by atoms with Crippen LogP contribution in [0.2, 0.25) is 0 Å². The number of thiocarbonyl (C=S) groups is 1. The highest BCUT2D eigenvalue weighted by molar-refractivity contribution is 14.1. The van der Waals surface area contributed by atoms with Crippen LogP contribution in [0.25, 0.3) is 6.08 Å². The molecule has 2 amide bonds. The Labute approximate surface area is 211 Å². The number of nitrogens with zero attached hydrogens (tertiary/aromatic N) is 1. The number of carbonyl (C=O) groups excluding carboxylic acids is 2. The van der Waals surface area contributed by atoms with Gasteiger partial charge >= 0.3 is 5.97 Å². The van der Waals surface area contributed by atoms with E-state index >= 15 is 0 Å². The van der Waals surface area contributed by atoms with Crippen LogP contribution in [0.15, 0.2) is 42.0 Å². The van der Waals surface area contributed by atoms with E-state index in [1.165, 1.54) is 11.0 Å². The van der Waals surface area contributed by atoms with Crippen LogP contribution in [0.5, 0.6) is 5.75 Å². The van der Waals surface area contributed by atoms with Gasteiger partial charge in [0, 0.05) is 0 Å². The Morgan fingerprint density at radius 1 is 1.19 bits per heavy atom. The van der Waals surface area contributed by atoms with Crippen molar-refractivity contribution in [2.24, 2.45) is 0 Å². The van der Waals surface area contributed by atoms with Gasteiger partial charge in [-0.25, -0.2) is 4.79 Å². The lowest BCUT2D eigenvalue weighted by Crippen LogP contribution is -2.54. The van der Waals surface area contributed by atoms with E-state index in [0.717, 1.165) is 12.0 Å². The van der Waals surface area contributed by atoms with Crippen LogP contribution < -0.4 is 15.0 Å². The number of hydrogen-bond acceptors (Lipinski definition) is 5. The number of benzene rings is 2. The predicted molar refractivity (Wildman–Crippen MR) is 137 cm³/mol. The quantitative estimate of drug-likeness (QED) is 0.212. The van der Waals surface area contributed by atoms with Crippen LogP contribution >= 0.6 is 57.4 Å². The fourth-order valence-corrected chi connectivity index (χ4v) is 5.28. The topological polar surface area (TPSA) is 95.9 Å². The fourth-order valence-electron chi connectivity index (χ4n) is 2.87. The molecule has 0 atom stereocenters. The van der Waals surface area contributed by atoms with Crippen LogP contribution in [0, 0.1) is 7.14 Å². The molecule has 7 nitrogen and oxygen atoms in total. The largest absolute Gasteiger partial charge is 0.480 e. The van der Waals surface area contributed by atoms with E-state index in [2.05, 4.69) is 5.32 Å². The number of nitrogens with one attached hydrogen (secondary N) is 1. The summed E-state index contributed by atoms with van der Waals surface area (Å²) in [6.07, 6.45) is 2.35. The monoisotopic (exact) mass is 662 g/mol. The van der Waals surface area contributed by atoms with E-state index < -0.39 is 24.4 Å². The normalized spacial score (nSPS) is 15.3. The average molecular weight is 662 g/mol. The molecule has 0 bridgehead atoms. The molecule has 2 aromatic carbocycles. The highest BCUT2D eigenvalue weighted by atomic mass is 127. The summed E-state index contributed by atoms with van der Waals surface area (Å²) < 4.78 is 6.63. The van der Waals surface area contributed by atoms with Crippen molar-refractivity contribution in [2.75, 3.05) is 11.5 Å². The SMILES string of the molecule is CCc1ccc(N2C(=O)/C(=C/c3cc(I)c(OCC(=O)O)c(I)c3)C(=O)NC2=S)cc1. The molecule has 0 spiro atoms. The predicted octanol–water partition coefficient (Wildman–Crippen LogP) is 3.75. The van der Waals surface area contributed by atoms with Crippen molar-refractivity contribution in [1.29, 1.82) is 0 Å². The van der Waals surface area contributed by atoms with Crippen molar-refractivity contribution in [3.8, 4) is 5.75 Å². The zero-order chi connectivity index (χ0) is 22.7. The second-order valence-corrected chi connectivity index (χ2v) is 9.19. The molecule has 0 aromatic heterocycles. The second-order valence-electron chi connectivity index (χ2n) is 6.47. The van der Waals surface area contributed by atoms with Gasteiger partial charge in [-0.1, -0.05) is 19.1 Å². The number of hydrogen-bond donors (Lipinski definition) is 2. The molecule has 0 saturated carbocycles. The second kappa shape index (κ2) is 10.0. The first kappa shape index (κ1) is 23.6. The summed E-state index contributed by atoms with van der Waals surface area (Å²) in [4.78, 5) is 37.7. The Balaban J connectivity index is 1.95. The molecule has 0 aliphatic carbocycles. The number of carboxylic acids is 1. The summed E-state index contributed by atoms with van der Waals surface area (Å²) in [6, 6.07) is 10.8. The van der Waals surface area contributed by atoms with Gasteiger partial charge in [0.05, 0.1) is 12.8 Å². The van der Waals surface area contributed by atoms with Crippen molar-refractivity contribution in [3.05, 3.63) is 60.2 Å². The van der Waals surface area contributed by atoms with Crippen LogP contribution in [-0.2, 0) is 20.8 Å². The smallest absolute Gasteiger partial charge is 0.341 e. The molecule has 1 aliphatic heterocycles. The number of anilines is 1. The molecule has 0 radical (unpaired) electrons. The van der Waals surface area contributed by atoms with E-state index in [9.17, 15) is 14.4 Å². The van der Waals surface area contributed by atoms with E-state index in [1.54, 1.807) is 24.3 Å². The zero-order valence-corrected chi connectivity index (χ0v) is 21.3. The summed E-state index contributed by atoms with van der Waals surface area (Å²) in [7, 11) is 0. The van der Waals surface area contributed by atoms with Crippen LogP contribution in [0.3, 0.4) is 0 Å². The number of rotatable bonds is 6. The molecule has 1 heterocycles. The number of ether oxygens (including phenoxy) is 1. The first-order valence-electron chi connectivity index (χ1n) is 9.05. The molecule has 31 heavy (non-hydrogen) atoms. The van der Waals surface area contributed by atoms with E-state index in [1.807, 2.05) is 64.2 Å².